The first-order valence-corrected chi connectivity index (χ1v) is 6.94. The average Bonchev–Trinajstić information content (AvgIpc) is 2.55. The van der Waals surface area contributed by atoms with Gasteiger partial charge in [0, 0.05) is 13.6 Å². The van der Waals surface area contributed by atoms with Gasteiger partial charge in [0.25, 0.3) is 0 Å². The Morgan fingerprint density at radius 3 is 2.79 bits per heavy atom. The van der Waals surface area contributed by atoms with Gasteiger partial charge in [0.1, 0.15) is 6.04 Å². The summed E-state index contributed by atoms with van der Waals surface area (Å²) in [6.45, 7) is 5.19. The lowest BCUT2D eigenvalue weighted by atomic mass is 9.90. The average molecular weight is 286 g/mol. The second-order valence-corrected chi connectivity index (χ2v) is 5.72. The van der Waals surface area contributed by atoms with Gasteiger partial charge in [-0.05, 0) is 32.2 Å². The molecule has 2 heterocycles. The number of likely N-dealkylation sites (tertiary alicyclic amines) is 1. The van der Waals surface area contributed by atoms with Crippen molar-refractivity contribution in [1.29, 1.82) is 0 Å². The number of aryl methyl sites for hydroxylation is 2. The van der Waals surface area contributed by atoms with Crippen LogP contribution in [0.5, 0.6) is 0 Å². The molecular formula is C13H20ClN3O2. The summed E-state index contributed by atoms with van der Waals surface area (Å²) in [5.41, 5.74) is 1.68. The van der Waals surface area contributed by atoms with Crippen molar-refractivity contribution in [2.45, 2.75) is 39.3 Å². The number of hydrogen-bond acceptors (Lipinski definition) is 3. The fraction of sp³-hybridized carbons (Fsp3) is 0.692. The molecule has 2 atom stereocenters. The molecule has 106 valence electrons. The molecule has 1 aromatic heterocycles. The van der Waals surface area contributed by atoms with Gasteiger partial charge in [0.2, 0.25) is 0 Å². The summed E-state index contributed by atoms with van der Waals surface area (Å²) in [5, 5.41) is 14.3. The standard InChI is InChI=1S/C13H20ClN3O2/c1-8-5-4-6-17(12(8)13(18)19)7-10-11(14)9(2)15-16(10)3/h8,12H,4-7H2,1-3H3,(H,18,19). The zero-order valence-electron chi connectivity index (χ0n) is 11.6. The lowest BCUT2D eigenvalue weighted by molar-refractivity contribution is -0.147. The van der Waals surface area contributed by atoms with Crippen molar-refractivity contribution in [2.75, 3.05) is 6.54 Å². The molecule has 5 nitrogen and oxygen atoms in total. The monoisotopic (exact) mass is 285 g/mol. The van der Waals surface area contributed by atoms with Gasteiger partial charge in [0.15, 0.2) is 0 Å². The Morgan fingerprint density at radius 1 is 1.58 bits per heavy atom. The molecule has 0 bridgehead atoms. The van der Waals surface area contributed by atoms with E-state index in [-0.39, 0.29) is 5.92 Å². The van der Waals surface area contributed by atoms with Crippen LogP contribution in [0.15, 0.2) is 0 Å². The first-order chi connectivity index (χ1) is 8.91. The second-order valence-electron chi connectivity index (χ2n) is 5.34. The van der Waals surface area contributed by atoms with E-state index in [9.17, 15) is 9.90 Å². The van der Waals surface area contributed by atoms with Crippen molar-refractivity contribution in [2.24, 2.45) is 13.0 Å². The SMILES string of the molecule is Cc1nn(C)c(CN2CCCC(C)C2C(=O)O)c1Cl. The summed E-state index contributed by atoms with van der Waals surface area (Å²) in [6.07, 6.45) is 1.99. The number of rotatable bonds is 3. The van der Waals surface area contributed by atoms with Gasteiger partial charge in [-0.1, -0.05) is 18.5 Å². The number of nitrogens with zero attached hydrogens (tertiary/aromatic N) is 3. The van der Waals surface area contributed by atoms with E-state index in [1.165, 1.54) is 0 Å². The molecule has 1 aliphatic rings. The lowest BCUT2D eigenvalue weighted by Gasteiger charge is -2.37. The molecule has 0 radical (unpaired) electrons. The Morgan fingerprint density at radius 2 is 2.26 bits per heavy atom. The summed E-state index contributed by atoms with van der Waals surface area (Å²) >= 11 is 6.24. The number of carboxylic acid groups (broad SMARTS) is 1. The normalized spacial score (nSPS) is 24.6. The highest BCUT2D eigenvalue weighted by molar-refractivity contribution is 6.31. The molecule has 6 heteroatoms. The molecule has 1 aromatic rings. The number of piperidine rings is 1. The highest BCUT2D eigenvalue weighted by Crippen LogP contribution is 2.28. The fourth-order valence-electron chi connectivity index (χ4n) is 2.89. The molecule has 2 unspecified atom stereocenters. The Hall–Kier alpha value is -1.07. The summed E-state index contributed by atoms with van der Waals surface area (Å²) in [7, 11) is 1.84. The van der Waals surface area contributed by atoms with Crippen LogP contribution in [-0.4, -0.2) is 38.3 Å². The molecule has 0 aliphatic carbocycles. The maximum Gasteiger partial charge on any atom is 0.321 e. The van der Waals surface area contributed by atoms with Gasteiger partial charge in [-0.25, -0.2) is 0 Å². The van der Waals surface area contributed by atoms with Crippen molar-refractivity contribution in [3.8, 4) is 0 Å². The van der Waals surface area contributed by atoms with Crippen LogP contribution in [0.25, 0.3) is 0 Å². The summed E-state index contributed by atoms with van der Waals surface area (Å²) in [4.78, 5) is 13.4. The zero-order valence-corrected chi connectivity index (χ0v) is 12.3. The van der Waals surface area contributed by atoms with Crippen molar-refractivity contribution in [3.63, 3.8) is 0 Å². The topological polar surface area (TPSA) is 58.4 Å². The van der Waals surface area contributed by atoms with Crippen LogP contribution < -0.4 is 0 Å². The molecular weight excluding hydrogens is 266 g/mol. The van der Waals surface area contributed by atoms with Crippen molar-refractivity contribution < 1.29 is 9.90 Å². The summed E-state index contributed by atoms with van der Waals surface area (Å²) in [6, 6.07) is -0.431. The maximum absolute atomic E-state index is 11.4. The van der Waals surface area contributed by atoms with Crippen LogP contribution in [-0.2, 0) is 18.4 Å². The third-order valence-corrected chi connectivity index (χ3v) is 4.40. The first kappa shape index (κ1) is 14.3. The highest BCUT2D eigenvalue weighted by Gasteiger charge is 2.34. The van der Waals surface area contributed by atoms with Crippen LogP contribution in [0.4, 0.5) is 0 Å². The smallest absolute Gasteiger partial charge is 0.321 e. The molecule has 1 fully saturated rings. The molecule has 19 heavy (non-hydrogen) atoms. The Bertz CT molecular complexity index is 486. The van der Waals surface area contributed by atoms with Gasteiger partial charge in [0.05, 0.1) is 16.4 Å². The highest BCUT2D eigenvalue weighted by atomic mass is 35.5. The van der Waals surface area contributed by atoms with E-state index >= 15 is 0 Å². The van der Waals surface area contributed by atoms with Crippen LogP contribution in [0.1, 0.15) is 31.2 Å². The largest absolute Gasteiger partial charge is 0.480 e. The molecule has 1 N–H and O–H groups in total. The molecule has 0 spiro atoms. The Kier molecular flexibility index (Phi) is 4.16. The van der Waals surface area contributed by atoms with E-state index in [2.05, 4.69) is 5.10 Å². The molecule has 0 amide bonds. The minimum Gasteiger partial charge on any atom is -0.480 e. The van der Waals surface area contributed by atoms with E-state index < -0.39 is 12.0 Å². The Labute approximate surface area is 118 Å². The molecule has 1 saturated heterocycles. The quantitative estimate of drug-likeness (QED) is 0.924. The Balaban J connectivity index is 2.23. The van der Waals surface area contributed by atoms with E-state index in [0.29, 0.717) is 11.6 Å². The number of hydrogen-bond donors (Lipinski definition) is 1. The summed E-state index contributed by atoms with van der Waals surface area (Å²) < 4.78 is 1.75. The van der Waals surface area contributed by atoms with Gasteiger partial charge >= 0.3 is 5.97 Å². The van der Waals surface area contributed by atoms with Gasteiger partial charge in [-0.15, -0.1) is 0 Å². The van der Waals surface area contributed by atoms with Gasteiger partial charge < -0.3 is 5.11 Å². The first-order valence-electron chi connectivity index (χ1n) is 6.56. The van der Waals surface area contributed by atoms with E-state index in [1.54, 1.807) is 4.68 Å². The lowest BCUT2D eigenvalue weighted by Crippen LogP contribution is -2.48. The van der Waals surface area contributed by atoms with Crippen molar-refractivity contribution >= 4 is 17.6 Å². The second kappa shape index (κ2) is 5.51. The predicted molar refractivity (Wildman–Crippen MR) is 73.2 cm³/mol. The number of aliphatic carboxylic acids is 1. The predicted octanol–water partition coefficient (Wildman–Crippen LogP) is 2.07. The molecule has 0 aromatic carbocycles. The van der Waals surface area contributed by atoms with Gasteiger partial charge in [-0.2, -0.15) is 5.10 Å². The van der Waals surface area contributed by atoms with Crippen molar-refractivity contribution in [3.05, 3.63) is 16.4 Å². The molecule has 2 rings (SSSR count). The van der Waals surface area contributed by atoms with Crippen LogP contribution in [0.2, 0.25) is 5.02 Å². The third kappa shape index (κ3) is 2.77. The summed E-state index contributed by atoms with van der Waals surface area (Å²) in [5.74, 6) is -0.582. The number of aromatic nitrogens is 2. The van der Waals surface area contributed by atoms with E-state index in [4.69, 9.17) is 11.6 Å². The fourth-order valence-corrected chi connectivity index (χ4v) is 3.11. The molecule has 0 saturated carbocycles. The van der Waals surface area contributed by atoms with Crippen molar-refractivity contribution in [1.82, 2.24) is 14.7 Å². The zero-order chi connectivity index (χ0) is 14.2. The number of carbonyl (C=O) groups is 1. The van der Waals surface area contributed by atoms with Crippen LogP contribution in [0, 0.1) is 12.8 Å². The number of carboxylic acids is 1. The minimum absolute atomic E-state index is 0.166. The third-order valence-electron chi connectivity index (χ3n) is 3.90. The van der Waals surface area contributed by atoms with Crippen LogP contribution in [0.3, 0.4) is 0 Å². The van der Waals surface area contributed by atoms with E-state index in [1.807, 2.05) is 25.8 Å². The maximum atomic E-state index is 11.4. The number of halogens is 1. The van der Waals surface area contributed by atoms with Gasteiger partial charge in [-0.3, -0.25) is 14.4 Å². The van der Waals surface area contributed by atoms with E-state index in [0.717, 1.165) is 30.8 Å². The van der Waals surface area contributed by atoms with Crippen LogP contribution >= 0.6 is 11.6 Å². The minimum atomic E-state index is -0.748. The molecule has 1 aliphatic heterocycles.